The summed E-state index contributed by atoms with van der Waals surface area (Å²) >= 11 is 0. The number of para-hydroxylation sites is 2. The Hall–Kier alpha value is -1.56. The number of benzene rings is 1. The number of ether oxygens (including phenoxy) is 1. The summed E-state index contributed by atoms with van der Waals surface area (Å²) in [6.07, 6.45) is 0.770. The number of anilines is 1. The minimum atomic E-state index is -0.789. The summed E-state index contributed by atoms with van der Waals surface area (Å²) in [5.41, 5.74) is 0.622. The first-order valence-electron chi connectivity index (χ1n) is 5.74. The first-order chi connectivity index (χ1) is 8.69. The van der Waals surface area contributed by atoms with E-state index in [9.17, 15) is 9.00 Å². The van der Waals surface area contributed by atoms with Crippen LogP contribution in [0, 0.1) is 0 Å². The van der Waals surface area contributed by atoms with Crippen molar-refractivity contribution in [1.29, 1.82) is 0 Å². The molecule has 2 atom stereocenters. The van der Waals surface area contributed by atoms with Gasteiger partial charge in [-0.1, -0.05) is 12.1 Å². The molecule has 1 aliphatic heterocycles. The van der Waals surface area contributed by atoms with Gasteiger partial charge >= 0.3 is 6.03 Å². The molecule has 98 valence electrons. The molecule has 6 heteroatoms. The van der Waals surface area contributed by atoms with Crippen LogP contribution >= 0.6 is 0 Å². The highest BCUT2D eigenvalue weighted by Gasteiger charge is 2.22. The zero-order chi connectivity index (χ0) is 13.0. The van der Waals surface area contributed by atoms with E-state index in [4.69, 9.17) is 4.74 Å². The van der Waals surface area contributed by atoms with Crippen LogP contribution in [0.5, 0.6) is 5.75 Å². The quantitative estimate of drug-likeness (QED) is 0.869. The van der Waals surface area contributed by atoms with Gasteiger partial charge in [0.1, 0.15) is 5.75 Å². The zero-order valence-corrected chi connectivity index (χ0v) is 11.0. The minimum absolute atomic E-state index is 0.000500. The van der Waals surface area contributed by atoms with Crippen molar-refractivity contribution < 1.29 is 13.7 Å². The second-order valence-electron chi connectivity index (χ2n) is 4.09. The van der Waals surface area contributed by atoms with Gasteiger partial charge in [-0.25, -0.2) is 4.79 Å². The Morgan fingerprint density at radius 2 is 2.22 bits per heavy atom. The highest BCUT2D eigenvalue weighted by Crippen LogP contribution is 2.22. The van der Waals surface area contributed by atoms with Gasteiger partial charge in [-0.15, -0.1) is 0 Å². The van der Waals surface area contributed by atoms with E-state index >= 15 is 0 Å². The molecule has 1 aromatic carbocycles. The van der Waals surface area contributed by atoms with E-state index in [-0.39, 0.29) is 12.1 Å². The second kappa shape index (κ2) is 5.86. The molecule has 0 spiro atoms. The van der Waals surface area contributed by atoms with E-state index in [1.54, 1.807) is 19.2 Å². The van der Waals surface area contributed by atoms with Gasteiger partial charge in [-0.2, -0.15) is 0 Å². The summed E-state index contributed by atoms with van der Waals surface area (Å²) in [5, 5.41) is 5.54. The van der Waals surface area contributed by atoms with E-state index < -0.39 is 10.8 Å². The van der Waals surface area contributed by atoms with Crippen LogP contribution in [0.15, 0.2) is 24.3 Å². The molecular formula is C12H16N2O3S. The molecule has 5 nitrogen and oxygen atoms in total. The van der Waals surface area contributed by atoms with Gasteiger partial charge in [0.2, 0.25) is 0 Å². The van der Waals surface area contributed by atoms with Crippen molar-refractivity contribution in [3.63, 3.8) is 0 Å². The summed E-state index contributed by atoms with van der Waals surface area (Å²) in [5.74, 6) is 1.82. The molecule has 0 aromatic heterocycles. The van der Waals surface area contributed by atoms with E-state index in [1.807, 2.05) is 12.1 Å². The van der Waals surface area contributed by atoms with Gasteiger partial charge in [0.05, 0.1) is 12.8 Å². The monoisotopic (exact) mass is 268 g/mol. The lowest BCUT2D eigenvalue weighted by atomic mass is 10.2. The van der Waals surface area contributed by atoms with Gasteiger partial charge in [-0.3, -0.25) is 4.21 Å². The van der Waals surface area contributed by atoms with Crippen molar-refractivity contribution >= 4 is 22.5 Å². The molecule has 1 heterocycles. The predicted octanol–water partition coefficient (Wildman–Crippen LogP) is 1.34. The van der Waals surface area contributed by atoms with Gasteiger partial charge in [0, 0.05) is 28.3 Å². The maximum atomic E-state index is 11.8. The average Bonchev–Trinajstić information content (AvgIpc) is 2.75. The number of hydrogen-bond donors (Lipinski definition) is 2. The van der Waals surface area contributed by atoms with Crippen molar-refractivity contribution in [3.05, 3.63) is 24.3 Å². The molecule has 2 rings (SSSR count). The van der Waals surface area contributed by atoms with Crippen LogP contribution in [-0.4, -0.2) is 34.9 Å². The Labute approximate surface area is 108 Å². The van der Waals surface area contributed by atoms with Crippen molar-refractivity contribution in [1.82, 2.24) is 5.32 Å². The van der Waals surface area contributed by atoms with Crippen LogP contribution in [0.25, 0.3) is 0 Å². The Balaban J connectivity index is 1.92. The topological polar surface area (TPSA) is 67.4 Å². The van der Waals surface area contributed by atoms with E-state index in [0.717, 1.165) is 6.42 Å². The van der Waals surface area contributed by atoms with Crippen LogP contribution in [-0.2, 0) is 10.8 Å². The number of methoxy groups -OCH3 is 1. The highest BCUT2D eigenvalue weighted by atomic mass is 32.2. The molecule has 1 saturated heterocycles. The minimum Gasteiger partial charge on any atom is -0.495 e. The molecule has 0 bridgehead atoms. The molecule has 2 unspecified atom stereocenters. The largest absolute Gasteiger partial charge is 0.495 e. The Bertz CT molecular complexity index is 464. The lowest BCUT2D eigenvalue weighted by molar-refractivity contribution is 0.249. The lowest BCUT2D eigenvalue weighted by Gasteiger charge is -2.13. The lowest BCUT2D eigenvalue weighted by Crippen LogP contribution is -2.38. The van der Waals surface area contributed by atoms with Gasteiger partial charge in [0.15, 0.2) is 0 Å². The molecular weight excluding hydrogens is 252 g/mol. The third-order valence-electron chi connectivity index (χ3n) is 2.77. The Morgan fingerprint density at radius 1 is 1.44 bits per heavy atom. The van der Waals surface area contributed by atoms with Crippen LogP contribution in [0.4, 0.5) is 10.5 Å². The maximum Gasteiger partial charge on any atom is 0.319 e. The summed E-state index contributed by atoms with van der Waals surface area (Å²) < 4.78 is 16.4. The molecule has 0 saturated carbocycles. The summed E-state index contributed by atoms with van der Waals surface area (Å²) in [6, 6.07) is 6.92. The van der Waals surface area contributed by atoms with Crippen molar-refractivity contribution in [3.8, 4) is 5.75 Å². The van der Waals surface area contributed by atoms with Crippen LogP contribution in [0.2, 0.25) is 0 Å². The van der Waals surface area contributed by atoms with Crippen molar-refractivity contribution in [2.75, 3.05) is 23.9 Å². The van der Waals surface area contributed by atoms with Gasteiger partial charge < -0.3 is 15.4 Å². The summed E-state index contributed by atoms with van der Waals surface area (Å²) in [7, 11) is 0.765. The summed E-state index contributed by atoms with van der Waals surface area (Å²) in [4.78, 5) is 11.8. The maximum absolute atomic E-state index is 11.8. The standard InChI is InChI=1S/C12H16N2O3S/c1-17-11-5-3-2-4-10(11)14-12(15)13-9-6-7-18(16)8-9/h2-5,9H,6-8H2,1H3,(H2,13,14,15). The van der Waals surface area contributed by atoms with E-state index in [0.29, 0.717) is 22.9 Å². The normalized spacial score (nSPS) is 22.5. The first-order valence-corrected chi connectivity index (χ1v) is 7.23. The molecule has 1 aliphatic rings. The van der Waals surface area contributed by atoms with E-state index in [2.05, 4.69) is 10.6 Å². The third kappa shape index (κ3) is 3.22. The first kappa shape index (κ1) is 12.9. The summed E-state index contributed by atoms with van der Waals surface area (Å²) in [6.45, 7) is 0. The van der Waals surface area contributed by atoms with Crippen molar-refractivity contribution in [2.45, 2.75) is 12.5 Å². The molecule has 1 fully saturated rings. The Morgan fingerprint density at radius 3 is 2.89 bits per heavy atom. The van der Waals surface area contributed by atoms with Crippen LogP contribution in [0.1, 0.15) is 6.42 Å². The number of carbonyl (C=O) groups excluding carboxylic acids is 1. The molecule has 0 aliphatic carbocycles. The third-order valence-corrected chi connectivity index (χ3v) is 4.24. The number of rotatable bonds is 3. The molecule has 0 radical (unpaired) electrons. The van der Waals surface area contributed by atoms with E-state index in [1.165, 1.54) is 0 Å². The number of urea groups is 1. The molecule has 1 aromatic rings. The van der Waals surface area contributed by atoms with Crippen LogP contribution in [0.3, 0.4) is 0 Å². The van der Waals surface area contributed by atoms with Crippen LogP contribution < -0.4 is 15.4 Å². The second-order valence-corrected chi connectivity index (χ2v) is 5.72. The Kier molecular flexibility index (Phi) is 4.19. The smallest absolute Gasteiger partial charge is 0.319 e. The predicted molar refractivity (Wildman–Crippen MR) is 71.4 cm³/mol. The fourth-order valence-corrected chi connectivity index (χ4v) is 3.28. The fraction of sp³-hybridized carbons (Fsp3) is 0.417. The molecule has 18 heavy (non-hydrogen) atoms. The highest BCUT2D eigenvalue weighted by molar-refractivity contribution is 7.85. The molecule has 2 amide bonds. The SMILES string of the molecule is COc1ccccc1NC(=O)NC1CCS(=O)C1. The fourth-order valence-electron chi connectivity index (χ4n) is 1.87. The van der Waals surface area contributed by atoms with Gasteiger partial charge in [-0.05, 0) is 18.6 Å². The molecule has 2 N–H and O–H groups in total. The number of hydrogen-bond acceptors (Lipinski definition) is 3. The average molecular weight is 268 g/mol. The van der Waals surface area contributed by atoms with Crippen molar-refractivity contribution in [2.24, 2.45) is 0 Å². The van der Waals surface area contributed by atoms with Gasteiger partial charge in [0.25, 0.3) is 0 Å². The number of carbonyl (C=O) groups is 1. The number of amides is 2. The zero-order valence-electron chi connectivity index (χ0n) is 10.1. The number of nitrogens with one attached hydrogen (secondary N) is 2.